The highest BCUT2D eigenvalue weighted by Crippen LogP contribution is 2.32. The van der Waals surface area contributed by atoms with E-state index in [1.165, 1.54) is 4.88 Å². The van der Waals surface area contributed by atoms with Crippen molar-refractivity contribution in [1.82, 2.24) is 4.98 Å². The zero-order valence-electron chi connectivity index (χ0n) is 12.8. The van der Waals surface area contributed by atoms with Gasteiger partial charge in [-0.25, -0.2) is 4.98 Å². The van der Waals surface area contributed by atoms with Gasteiger partial charge in [-0.3, -0.25) is 10.1 Å². The fourth-order valence-corrected chi connectivity index (χ4v) is 3.71. The van der Waals surface area contributed by atoms with Crippen LogP contribution in [-0.4, -0.2) is 17.5 Å². The lowest BCUT2D eigenvalue weighted by Crippen LogP contribution is -2.20. The number of nitrogens with one attached hydrogen (secondary N) is 1. The predicted molar refractivity (Wildman–Crippen MR) is 88.6 cm³/mol. The van der Waals surface area contributed by atoms with Gasteiger partial charge in [0.15, 0.2) is 11.7 Å². The van der Waals surface area contributed by atoms with Crippen LogP contribution in [0.5, 0.6) is 5.75 Å². The first-order chi connectivity index (χ1) is 11.1. The quantitative estimate of drug-likeness (QED) is 0.936. The minimum absolute atomic E-state index is 0.0768. The number of amides is 1. The second kappa shape index (κ2) is 6.80. The van der Waals surface area contributed by atoms with Crippen molar-refractivity contribution >= 4 is 22.4 Å². The Balaban J connectivity index is 1.54. The van der Waals surface area contributed by atoms with E-state index in [-0.39, 0.29) is 12.5 Å². The number of aromatic nitrogens is 1. The molecule has 2 aromatic rings. The van der Waals surface area contributed by atoms with Gasteiger partial charge >= 0.3 is 0 Å². The molecule has 1 aliphatic carbocycles. The van der Waals surface area contributed by atoms with E-state index in [0.717, 1.165) is 25.0 Å². The van der Waals surface area contributed by atoms with Gasteiger partial charge in [0, 0.05) is 4.88 Å². The molecule has 1 heterocycles. The van der Waals surface area contributed by atoms with E-state index in [4.69, 9.17) is 10.00 Å². The van der Waals surface area contributed by atoms with E-state index in [2.05, 4.69) is 17.2 Å². The smallest absolute Gasteiger partial charge is 0.264 e. The molecule has 0 aliphatic heterocycles. The van der Waals surface area contributed by atoms with Crippen molar-refractivity contribution in [3.05, 3.63) is 40.4 Å². The highest BCUT2D eigenvalue weighted by molar-refractivity contribution is 7.15. The van der Waals surface area contributed by atoms with Gasteiger partial charge in [-0.2, -0.15) is 5.26 Å². The molecule has 1 aromatic heterocycles. The molecule has 6 heteroatoms. The molecule has 5 nitrogen and oxygen atoms in total. The lowest BCUT2D eigenvalue weighted by molar-refractivity contribution is -0.118. The van der Waals surface area contributed by atoms with Crippen LogP contribution >= 0.6 is 11.3 Å². The summed E-state index contributed by atoms with van der Waals surface area (Å²) in [6, 6.07) is 8.70. The van der Waals surface area contributed by atoms with Crippen LogP contribution in [0.3, 0.4) is 0 Å². The first-order valence-corrected chi connectivity index (χ1v) is 8.37. The van der Waals surface area contributed by atoms with Crippen molar-refractivity contribution < 1.29 is 9.53 Å². The number of rotatable bonds is 4. The summed E-state index contributed by atoms with van der Waals surface area (Å²) in [7, 11) is 0. The number of thiazole rings is 1. The average molecular weight is 327 g/mol. The van der Waals surface area contributed by atoms with Gasteiger partial charge in [0.05, 0.1) is 17.3 Å². The summed E-state index contributed by atoms with van der Waals surface area (Å²) in [6.07, 6.45) is 3.20. The number of hydrogen-bond donors (Lipinski definition) is 1. The Labute approximate surface area is 138 Å². The summed E-state index contributed by atoms with van der Waals surface area (Å²) in [4.78, 5) is 17.7. The van der Waals surface area contributed by atoms with Gasteiger partial charge in [0.2, 0.25) is 0 Å². The zero-order valence-corrected chi connectivity index (χ0v) is 13.7. The Hall–Kier alpha value is -2.39. The standard InChI is InChI=1S/C17H17N3O2S/c1-11-2-7-14-15(8-11)23-17(19-14)20-16(21)10-22-13-5-3-12(9-18)4-6-13/h3-6,11H,2,7-8,10H2,1H3,(H,19,20,21). The molecule has 1 aromatic carbocycles. The topological polar surface area (TPSA) is 75.0 Å². The minimum Gasteiger partial charge on any atom is -0.484 e. The van der Waals surface area contributed by atoms with E-state index < -0.39 is 0 Å². The van der Waals surface area contributed by atoms with Crippen LogP contribution in [0, 0.1) is 17.2 Å². The molecule has 1 amide bonds. The Bertz CT molecular complexity index is 746. The first kappa shape index (κ1) is 15.5. The lowest BCUT2D eigenvalue weighted by Gasteiger charge is -2.15. The molecule has 23 heavy (non-hydrogen) atoms. The molecule has 1 atom stereocenters. The molecular weight excluding hydrogens is 310 g/mol. The van der Waals surface area contributed by atoms with Crippen molar-refractivity contribution in [3.8, 4) is 11.8 Å². The van der Waals surface area contributed by atoms with Crippen LogP contribution in [0.1, 0.15) is 29.5 Å². The van der Waals surface area contributed by atoms with E-state index >= 15 is 0 Å². The number of hydrogen-bond acceptors (Lipinski definition) is 5. The third-order valence-corrected chi connectivity index (χ3v) is 4.82. The maximum absolute atomic E-state index is 12.0. The number of aryl methyl sites for hydroxylation is 1. The van der Waals surface area contributed by atoms with Crippen molar-refractivity contribution in [1.29, 1.82) is 5.26 Å². The van der Waals surface area contributed by atoms with Crippen molar-refractivity contribution in [2.75, 3.05) is 11.9 Å². The fourth-order valence-electron chi connectivity index (χ4n) is 2.52. The van der Waals surface area contributed by atoms with Gasteiger partial charge in [0.25, 0.3) is 5.91 Å². The normalized spacial score (nSPS) is 16.3. The molecule has 1 unspecified atom stereocenters. The van der Waals surface area contributed by atoms with Gasteiger partial charge in [0.1, 0.15) is 5.75 Å². The maximum atomic E-state index is 12.0. The van der Waals surface area contributed by atoms with Crippen LogP contribution in [0.15, 0.2) is 24.3 Å². The second-order valence-electron chi connectivity index (χ2n) is 5.71. The number of carbonyl (C=O) groups is 1. The number of fused-ring (bicyclic) bond motifs is 1. The lowest BCUT2D eigenvalue weighted by atomic mass is 9.93. The third kappa shape index (κ3) is 3.88. The second-order valence-corrected chi connectivity index (χ2v) is 6.79. The van der Waals surface area contributed by atoms with E-state index in [1.807, 2.05) is 6.07 Å². The van der Waals surface area contributed by atoms with E-state index in [9.17, 15) is 4.79 Å². The Morgan fingerprint density at radius 1 is 1.48 bits per heavy atom. The average Bonchev–Trinajstić information content (AvgIpc) is 2.94. The number of nitriles is 1. The fraction of sp³-hybridized carbons (Fsp3) is 0.353. The number of benzene rings is 1. The largest absolute Gasteiger partial charge is 0.484 e. The SMILES string of the molecule is CC1CCc2nc(NC(=O)COc3ccc(C#N)cc3)sc2C1. The highest BCUT2D eigenvalue weighted by atomic mass is 32.1. The Kier molecular flexibility index (Phi) is 4.58. The molecule has 0 saturated carbocycles. The summed E-state index contributed by atoms with van der Waals surface area (Å²) in [5.74, 6) is 1.02. The number of nitrogens with zero attached hydrogens (tertiary/aromatic N) is 2. The van der Waals surface area contributed by atoms with Gasteiger partial charge in [-0.15, -0.1) is 11.3 Å². The van der Waals surface area contributed by atoms with Gasteiger partial charge < -0.3 is 4.74 Å². The van der Waals surface area contributed by atoms with Crippen LogP contribution in [-0.2, 0) is 17.6 Å². The summed E-state index contributed by atoms with van der Waals surface area (Å²) in [6.45, 7) is 2.17. The Morgan fingerprint density at radius 3 is 3.00 bits per heavy atom. The number of anilines is 1. The predicted octanol–water partition coefficient (Wildman–Crippen LogP) is 3.16. The molecule has 0 bridgehead atoms. The van der Waals surface area contributed by atoms with Gasteiger partial charge in [-0.1, -0.05) is 6.92 Å². The molecular formula is C17H17N3O2S. The summed E-state index contributed by atoms with van der Waals surface area (Å²) in [5, 5.41) is 12.2. The van der Waals surface area contributed by atoms with Crippen LogP contribution in [0.4, 0.5) is 5.13 Å². The summed E-state index contributed by atoms with van der Waals surface area (Å²) >= 11 is 1.56. The van der Waals surface area contributed by atoms with E-state index in [0.29, 0.717) is 22.4 Å². The zero-order chi connectivity index (χ0) is 16.2. The summed E-state index contributed by atoms with van der Waals surface area (Å²) in [5.41, 5.74) is 1.68. The monoisotopic (exact) mass is 327 g/mol. The van der Waals surface area contributed by atoms with Crippen LogP contribution in [0.25, 0.3) is 0 Å². The maximum Gasteiger partial charge on any atom is 0.264 e. The molecule has 0 saturated heterocycles. The Morgan fingerprint density at radius 2 is 2.26 bits per heavy atom. The van der Waals surface area contributed by atoms with Gasteiger partial charge in [-0.05, 0) is 49.4 Å². The minimum atomic E-state index is -0.228. The number of ether oxygens (including phenoxy) is 1. The highest BCUT2D eigenvalue weighted by Gasteiger charge is 2.20. The molecule has 3 rings (SSSR count). The molecule has 0 spiro atoms. The summed E-state index contributed by atoms with van der Waals surface area (Å²) < 4.78 is 5.41. The van der Waals surface area contributed by atoms with Crippen LogP contribution in [0.2, 0.25) is 0 Å². The molecule has 118 valence electrons. The van der Waals surface area contributed by atoms with Crippen molar-refractivity contribution in [3.63, 3.8) is 0 Å². The first-order valence-electron chi connectivity index (χ1n) is 7.55. The molecule has 1 N–H and O–H groups in total. The molecule has 0 fully saturated rings. The van der Waals surface area contributed by atoms with Crippen molar-refractivity contribution in [2.24, 2.45) is 5.92 Å². The van der Waals surface area contributed by atoms with Crippen LogP contribution < -0.4 is 10.1 Å². The third-order valence-electron chi connectivity index (χ3n) is 3.79. The molecule has 1 aliphatic rings. The van der Waals surface area contributed by atoms with Crippen molar-refractivity contribution in [2.45, 2.75) is 26.2 Å². The number of carbonyl (C=O) groups excluding carboxylic acids is 1. The van der Waals surface area contributed by atoms with E-state index in [1.54, 1.807) is 35.6 Å². The molecule has 0 radical (unpaired) electrons.